The molecule has 0 aliphatic heterocycles. The molecule has 0 saturated heterocycles. The molecule has 9 nitrogen and oxygen atoms in total. The Balaban J connectivity index is 1.75. The minimum absolute atomic E-state index is 0.0490. The number of aromatic carboxylic acids is 1. The predicted octanol–water partition coefficient (Wildman–Crippen LogP) is 2.67. The Bertz CT molecular complexity index is 1190. The van der Waals surface area contributed by atoms with E-state index >= 15 is 0 Å². The normalized spacial score (nSPS) is 10.9. The van der Waals surface area contributed by atoms with Gasteiger partial charge in [-0.05, 0) is 50.6 Å². The highest BCUT2D eigenvalue weighted by Gasteiger charge is 2.19. The smallest absolute Gasteiger partial charge is 0.346 e. The zero-order valence-electron chi connectivity index (χ0n) is 16.5. The van der Waals surface area contributed by atoms with Crippen LogP contribution in [0.15, 0.2) is 35.4 Å². The van der Waals surface area contributed by atoms with Gasteiger partial charge in [-0.1, -0.05) is 0 Å². The van der Waals surface area contributed by atoms with Crippen molar-refractivity contribution in [2.45, 2.75) is 33.4 Å². The van der Waals surface area contributed by atoms with Crippen molar-refractivity contribution in [2.24, 2.45) is 0 Å². The molecule has 0 aliphatic rings. The van der Waals surface area contributed by atoms with Crippen molar-refractivity contribution in [3.8, 4) is 0 Å². The van der Waals surface area contributed by atoms with E-state index in [0.717, 1.165) is 15.9 Å². The van der Waals surface area contributed by atoms with E-state index in [2.05, 4.69) is 10.3 Å². The molecule has 0 unspecified atom stereocenters. The van der Waals surface area contributed by atoms with E-state index in [0.29, 0.717) is 21.6 Å². The molecule has 0 saturated carbocycles. The van der Waals surface area contributed by atoms with Crippen LogP contribution in [0.5, 0.6) is 0 Å². The van der Waals surface area contributed by atoms with Crippen LogP contribution in [0.3, 0.4) is 0 Å². The molecule has 2 aromatic heterocycles. The molecular weight excluding hydrogens is 410 g/mol. The number of anilines is 1. The number of benzene rings is 1. The van der Waals surface area contributed by atoms with Gasteiger partial charge in [0.2, 0.25) is 5.91 Å². The van der Waals surface area contributed by atoms with Gasteiger partial charge in [0.1, 0.15) is 16.3 Å². The summed E-state index contributed by atoms with van der Waals surface area (Å²) in [6, 6.07) is 6.17. The summed E-state index contributed by atoms with van der Waals surface area (Å²) < 4.78 is 6.23. The Hall–Kier alpha value is -3.53. The van der Waals surface area contributed by atoms with Crippen LogP contribution >= 0.6 is 11.3 Å². The molecule has 3 aromatic rings. The Morgan fingerprint density at radius 3 is 2.50 bits per heavy atom. The van der Waals surface area contributed by atoms with Gasteiger partial charge in [0, 0.05) is 5.69 Å². The summed E-state index contributed by atoms with van der Waals surface area (Å²) in [4.78, 5) is 52.6. The number of carbonyl (C=O) groups excluding carboxylic acids is 2. The third kappa shape index (κ3) is 4.38. The molecule has 0 atom stereocenters. The number of fused-ring (bicyclic) bond motifs is 1. The number of esters is 1. The average Bonchev–Trinajstić information content (AvgIpc) is 3.01. The number of aromatic nitrogens is 2. The molecule has 2 N–H and O–H groups in total. The first-order chi connectivity index (χ1) is 14.2. The Morgan fingerprint density at radius 1 is 1.23 bits per heavy atom. The molecule has 1 amide bonds. The van der Waals surface area contributed by atoms with E-state index < -0.39 is 23.4 Å². The van der Waals surface area contributed by atoms with Gasteiger partial charge in [0.05, 0.1) is 23.4 Å². The number of carboxylic acid groups (broad SMARTS) is 1. The molecule has 10 heteroatoms. The number of amides is 1. The number of carbonyl (C=O) groups is 3. The highest BCUT2D eigenvalue weighted by atomic mass is 32.1. The number of aryl methyl sites for hydroxylation is 1. The second kappa shape index (κ2) is 8.46. The zero-order chi connectivity index (χ0) is 22.0. The van der Waals surface area contributed by atoms with Crippen molar-refractivity contribution >= 4 is 45.1 Å². The van der Waals surface area contributed by atoms with Crippen molar-refractivity contribution in [1.82, 2.24) is 9.55 Å². The first kappa shape index (κ1) is 21.2. The van der Waals surface area contributed by atoms with Gasteiger partial charge in [0.25, 0.3) is 5.56 Å². The molecule has 0 fully saturated rings. The fourth-order valence-corrected chi connectivity index (χ4v) is 3.78. The number of nitrogens with zero attached hydrogens (tertiary/aromatic N) is 2. The van der Waals surface area contributed by atoms with Gasteiger partial charge in [-0.2, -0.15) is 0 Å². The summed E-state index contributed by atoms with van der Waals surface area (Å²) in [6.45, 7) is 4.75. The van der Waals surface area contributed by atoms with Crippen molar-refractivity contribution in [2.75, 3.05) is 5.32 Å². The molecule has 30 heavy (non-hydrogen) atoms. The number of rotatable bonds is 6. The maximum Gasteiger partial charge on any atom is 0.346 e. The predicted molar refractivity (Wildman–Crippen MR) is 111 cm³/mol. The first-order valence-corrected chi connectivity index (χ1v) is 9.81. The van der Waals surface area contributed by atoms with Gasteiger partial charge in [-0.3, -0.25) is 14.2 Å². The maximum absolute atomic E-state index is 12.7. The maximum atomic E-state index is 12.7. The number of hydrogen-bond acceptors (Lipinski definition) is 7. The lowest BCUT2D eigenvalue weighted by molar-refractivity contribution is -0.116. The van der Waals surface area contributed by atoms with Crippen LogP contribution < -0.4 is 10.9 Å². The van der Waals surface area contributed by atoms with Crippen LogP contribution in [0.4, 0.5) is 5.69 Å². The van der Waals surface area contributed by atoms with Crippen LogP contribution in [0.1, 0.15) is 39.4 Å². The third-order valence-electron chi connectivity index (χ3n) is 4.17. The average molecular weight is 429 g/mol. The minimum Gasteiger partial charge on any atom is -0.477 e. The molecule has 0 bridgehead atoms. The Labute approximate surface area is 174 Å². The van der Waals surface area contributed by atoms with Crippen molar-refractivity contribution in [1.29, 1.82) is 0 Å². The fourth-order valence-electron chi connectivity index (χ4n) is 2.80. The molecule has 156 valence electrons. The molecule has 0 spiro atoms. The monoisotopic (exact) mass is 429 g/mol. The molecule has 2 heterocycles. The number of carboxylic acids is 1. The standard InChI is InChI=1S/C20H19N3O6S/c1-10(2)29-20(28)12-4-6-13(7-5-12)22-14(24)8-23-9-21-17-15(18(23)25)11(3)16(30-17)19(26)27/h4-7,9-10H,8H2,1-3H3,(H,22,24)(H,26,27). The van der Waals surface area contributed by atoms with Crippen LogP contribution in [-0.4, -0.2) is 38.6 Å². The van der Waals surface area contributed by atoms with E-state index in [1.807, 2.05) is 0 Å². The summed E-state index contributed by atoms with van der Waals surface area (Å²) in [6.07, 6.45) is 0.983. The van der Waals surface area contributed by atoms with Crippen molar-refractivity contribution < 1.29 is 24.2 Å². The summed E-state index contributed by atoms with van der Waals surface area (Å²) in [5.41, 5.74) is 0.652. The second-order valence-corrected chi connectivity index (χ2v) is 7.80. The lowest BCUT2D eigenvalue weighted by Gasteiger charge is -2.09. The highest BCUT2D eigenvalue weighted by Crippen LogP contribution is 2.26. The highest BCUT2D eigenvalue weighted by molar-refractivity contribution is 7.20. The topological polar surface area (TPSA) is 128 Å². The van der Waals surface area contributed by atoms with E-state index in [-0.39, 0.29) is 22.9 Å². The van der Waals surface area contributed by atoms with E-state index in [9.17, 15) is 24.3 Å². The summed E-state index contributed by atoms with van der Waals surface area (Å²) >= 11 is 0.921. The quantitative estimate of drug-likeness (QED) is 0.577. The number of ether oxygens (including phenoxy) is 1. The second-order valence-electron chi connectivity index (χ2n) is 6.80. The fraction of sp³-hybridized carbons (Fsp3) is 0.250. The lowest BCUT2D eigenvalue weighted by atomic mass is 10.2. The molecule has 3 rings (SSSR count). The largest absolute Gasteiger partial charge is 0.477 e. The number of hydrogen-bond donors (Lipinski definition) is 2. The van der Waals surface area contributed by atoms with E-state index in [1.165, 1.54) is 18.5 Å². The Morgan fingerprint density at radius 2 is 1.90 bits per heavy atom. The summed E-state index contributed by atoms with van der Waals surface area (Å²) in [5.74, 6) is -2.05. The van der Waals surface area contributed by atoms with Gasteiger partial charge in [-0.25, -0.2) is 14.6 Å². The number of nitrogens with one attached hydrogen (secondary N) is 1. The van der Waals surface area contributed by atoms with Crippen LogP contribution in [-0.2, 0) is 16.1 Å². The van der Waals surface area contributed by atoms with E-state index in [4.69, 9.17) is 4.74 Å². The Kier molecular flexibility index (Phi) is 5.97. The SMILES string of the molecule is Cc1c(C(=O)O)sc2ncn(CC(=O)Nc3ccc(C(=O)OC(C)C)cc3)c(=O)c12. The van der Waals surface area contributed by atoms with E-state index in [1.54, 1.807) is 32.9 Å². The summed E-state index contributed by atoms with van der Waals surface area (Å²) in [7, 11) is 0. The lowest BCUT2D eigenvalue weighted by Crippen LogP contribution is -2.27. The van der Waals surface area contributed by atoms with Gasteiger partial charge < -0.3 is 15.2 Å². The first-order valence-electron chi connectivity index (χ1n) is 9.00. The molecular formula is C20H19N3O6S. The van der Waals surface area contributed by atoms with Gasteiger partial charge in [0.15, 0.2) is 0 Å². The zero-order valence-corrected chi connectivity index (χ0v) is 17.3. The molecule has 1 aromatic carbocycles. The van der Waals surface area contributed by atoms with Gasteiger partial charge in [-0.15, -0.1) is 11.3 Å². The van der Waals surface area contributed by atoms with Crippen LogP contribution in [0.25, 0.3) is 10.2 Å². The van der Waals surface area contributed by atoms with Crippen LogP contribution in [0, 0.1) is 6.92 Å². The van der Waals surface area contributed by atoms with Crippen molar-refractivity contribution in [3.63, 3.8) is 0 Å². The molecule has 0 aliphatic carbocycles. The van der Waals surface area contributed by atoms with Gasteiger partial charge >= 0.3 is 11.9 Å². The minimum atomic E-state index is -1.13. The van der Waals surface area contributed by atoms with Crippen molar-refractivity contribution in [3.05, 3.63) is 57.0 Å². The third-order valence-corrected chi connectivity index (χ3v) is 5.36. The molecule has 0 radical (unpaired) electrons. The van der Waals surface area contributed by atoms with Crippen LogP contribution in [0.2, 0.25) is 0 Å². The number of thiophene rings is 1. The summed E-state index contributed by atoms with van der Waals surface area (Å²) in [5, 5.41) is 12.0.